The molecule has 0 spiro atoms. The average Bonchev–Trinajstić information content (AvgIpc) is 3.02. The number of benzene rings is 1. The molecule has 0 aliphatic carbocycles. The van der Waals surface area contributed by atoms with Crippen LogP contribution in [0.15, 0.2) is 29.4 Å². The van der Waals surface area contributed by atoms with Crippen LogP contribution in [0.1, 0.15) is 52.9 Å². The van der Waals surface area contributed by atoms with Crippen LogP contribution in [0.25, 0.3) is 22.1 Å². The zero-order valence-electron chi connectivity index (χ0n) is 16.9. The first-order valence-electron chi connectivity index (χ1n) is 10.2. The van der Waals surface area contributed by atoms with Crippen molar-refractivity contribution in [2.75, 3.05) is 5.75 Å². The van der Waals surface area contributed by atoms with Gasteiger partial charge < -0.3 is 9.88 Å². The van der Waals surface area contributed by atoms with Crippen LogP contribution < -0.4 is 5.32 Å². The first-order chi connectivity index (χ1) is 13.6. The summed E-state index contributed by atoms with van der Waals surface area (Å²) in [6.45, 7) is 7.17. The van der Waals surface area contributed by atoms with Gasteiger partial charge in [-0.2, -0.15) is 0 Å². The van der Waals surface area contributed by atoms with Crippen LogP contribution in [0.4, 0.5) is 0 Å². The van der Waals surface area contributed by atoms with E-state index in [9.17, 15) is 4.79 Å². The second-order valence-corrected chi connectivity index (χ2v) is 8.08. The van der Waals surface area contributed by atoms with Gasteiger partial charge in [-0.05, 0) is 26.3 Å². The Labute approximate surface area is 170 Å². The van der Waals surface area contributed by atoms with Gasteiger partial charge in [0.2, 0.25) is 11.1 Å². The Kier molecular flexibility index (Phi) is 7.25. The predicted octanol–water partition coefficient (Wildman–Crippen LogP) is 4.57. The van der Waals surface area contributed by atoms with Gasteiger partial charge in [-0.15, -0.1) is 10.2 Å². The number of hydrogen-bond donors (Lipinski definition) is 1. The molecular weight excluding hydrogens is 370 g/mol. The van der Waals surface area contributed by atoms with Crippen LogP contribution in [0.3, 0.4) is 0 Å². The van der Waals surface area contributed by atoms with Crippen LogP contribution in [-0.2, 0) is 11.3 Å². The average molecular weight is 400 g/mol. The number of aromatic nitrogens is 4. The van der Waals surface area contributed by atoms with E-state index in [-0.39, 0.29) is 11.9 Å². The fourth-order valence-electron chi connectivity index (χ4n) is 3.47. The maximum Gasteiger partial charge on any atom is 0.230 e. The number of para-hydroxylation sites is 1. The molecule has 0 fully saturated rings. The van der Waals surface area contributed by atoms with Gasteiger partial charge >= 0.3 is 0 Å². The van der Waals surface area contributed by atoms with Crippen molar-refractivity contribution in [1.29, 1.82) is 0 Å². The summed E-state index contributed by atoms with van der Waals surface area (Å²) in [6.07, 6.45) is 5.91. The molecule has 0 aliphatic rings. The Morgan fingerprint density at radius 1 is 1.18 bits per heavy atom. The zero-order chi connectivity index (χ0) is 19.9. The highest BCUT2D eigenvalue weighted by atomic mass is 32.2. The van der Waals surface area contributed by atoms with E-state index in [1.165, 1.54) is 31.0 Å². The van der Waals surface area contributed by atoms with Gasteiger partial charge in [0.15, 0.2) is 5.65 Å². The minimum absolute atomic E-state index is 0.0210. The molecule has 0 saturated heterocycles. The van der Waals surface area contributed by atoms with Crippen molar-refractivity contribution in [3.05, 3.63) is 24.3 Å². The van der Waals surface area contributed by atoms with Crippen LogP contribution >= 0.6 is 11.8 Å². The Morgan fingerprint density at radius 2 is 2.00 bits per heavy atom. The topological polar surface area (TPSA) is 72.7 Å². The molecule has 0 saturated carbocycles. The molecule has 1 unspecified atom stereocenters. The van der Waals surface area contributed by atoms with Gasteiger partial charge in [0.05, 0.1) is 11.3 Å². The summed E-state index contributed by atoms with van der Waals surface area (Å²) in [7, 11) is 0. The number of unbranched alkanes of at least 4 members (excludes halogenated alkanes) is 3. The van der Waals surface area contributed by atoms with Gasteiger partial charge in [-0.25, -0.2) is 4.98 Å². The summed E-state index contributed by atoms with van der Waals surface area (Å²) < 4.78 is 2.14. The minimum atomic E-state index is 0.0210. The molecule has 0 aliphatic heterocycles. The third kappa shape index (κ3) is 4.82. The summed E-state index contributed by atoms with van der Waals surface area (Å²) in [5.41, 5.74) is 2.75. The quantitative estimate of drug-likeness (QED) is 0.399. The summed E-state index contributed by atoms with van der Waals surface area (Å²) in [4.78, 5) is 16.9. The van der Waals surface area contributed by atoms with Crippen LogP contribution in [0.5, 0.6) is 0 Å². The first-order valence-corrected chi connectivity index (χ1v) is 11.2. The SMILES string of the molecule is CCCCCCC(C)NC(=O)CSc1nnc2c3ccccc3n(CC)c2n1. The van der Waals surface area contributed by atoms with E-state index in [1.807, 2.05) is 18.2 Å². The summed E-state index contributed by atoms with van der Waals surface area (Å²) in [6, 6.07) is 8.34. The highest BCUT2D eigenvalue weighted by Crippen LogP contribution is 2.26. The maximum absolute atomic E-state index is 12.2. The van der Waals surface area contributed by atoms with Crippen molar-refractivity contribution in [2.24, 2.45) is 0 Å². The molecule has 0 radical (unpaired) electrons. The molecule has 150 valence electrons. The number of thioether (sulfide) groups is 1. The third-order valence-electron chi connectivity index (χ3n) is 4.90. The van der Waals surface area contributed by atoms with Crippen LogP contribution in [0.2, 0.25) is 0 Å². The van der Waals surface area contributed by atoms with E-state index < -0.39 is 0 Å². The summed E-state index contributed by atoms with van der Waals surface area (Å²) in [5, 5.41) is 13.3. The summed E-state index contributed by atoms with van der Waals surface area (Å²) >= 11 is 1.34. The zero-order valence-corrected chi connectivity index (χ0v) is 17.8. The number of fused-ring (bicyclic) bond motifs is 3. The van der Waals surface area contributed by atoms with Crippen molar-refractivity contribution < 1.29 is 4.79 Å². The van der Waals surface area contributed by atoms with Gasteiger partial charge in [-0.1, -0.05) is 62.6 Å². The van der Waals surface area contributed by atoms with E-state index >= 15 is 0 Å². The van der Waals surface area contributed by atoms with E-state index in [0.717, 1.165) is 41.5 Å². The molecule has 2 heterocycles. The Balaban J connectivity index is 1.62. The fraction of sp³-hybridized carbons (Fsp3) is 0.524. The lowest BCUT2D eigenvalue weighted by Crippen LogP contribution is -2.33. The van der Waals surface area contributed by atoms with Gasteiger partial charge in [-0.3, -0.25) is 4.79 Å². The van der Waals surface area contributed by atoms with Gasteiger partial charge in [0.25, 0.3) is 0 Å². The van der Waals surface area contributed by atoms with E-state index in [0.29, 0.717) is 10.9 Å². The number of nitrogens with one attached hydrogen (secondary N) is 1. The van der Waals surface area contributed by atoms with Crippen LogP contribution in [0, 0.1) is 0 Å². The van der Waals surface area contributed by atoms with Gasteiger partial charge in [0, 0.05) is 18.0 Å². The molecule has 1 N–H and O–H groups in total. The van der Waals surface area contributed by atoms with Crippen molar-refractivity contribution in [2.45, 2.75) is 70.6 Å². The molecule has 0 bridgehead atoms. The molecule has 1 atom stereocenters. The second-order valence-electron chi connectivity index (χ2n) is 7.13. The van der Waals surface area contributed by atoms with Crippen molar-refractivity contribution in [3.63, 3.8) is 0 Å². The highest BCUT2D eigenvalue weighted by molar-refractivity contribution is 7.99. The third-order valence-corrected chi connectivity index (χ3v) is 5.74. The smallest absolute Gasteiger partial charge is 0.230 e. The number of carbonyl (C=O) groups excluding carboxylic acids is 1. The molecule has 28 heavy (non-hydrogen) atoms. The molecule has 7 heteroatoms. The number of hydrogen-bond acceptors (Lipinski definition) is 5. The monoisotopic (exact) mass is 399 g/mol. The normalized spacial score (nSPS) is 12.5. The molecule has 1 amide bonds. The van der Waals surface area contributed by atoms with Crippen molar-refractivity contribution in [3.8, 4) is 0 Å². The van der Waals surface area contributed by atoms with Crippen molar-refractivity contribution >= 4 is 39.7 Å². The predicted molar refractivity (Wildman–Crippen MR) is 116 cm³/mol. The lowest BCUT2D eigenvalue weighted by atomic mass is 10.1. The van der Waals surface area contributed by atoms with E-state index in [2.05, 4.69) is 51.9 Å². The number of aryl methyl sites for hydroxylation is 1. The molecule has 3 aromatic rings. The summed E-state index contributed by atoms with van der Waals surface area (Å²) in [5.74, 6) is 0.325. The molecular formula is C21H29N5OS. The number of rotatable bonds is 10. The lowest BCUT2D eigenvalue weighted by molar-refractivity contribution is -0.119. The van der Waals surface area contributed by atoms with Gasteiger partial charge in [0.1, 0.15) is 5.52 Å². The number of carbonyl (C=O) groups is 1. The Morgan fingerprint density at radius 3 is 2.79 bits per heavy atom. The largest absolute Gasteiger partial charge is 0.353 e. The Bertz CT molecular complexity index is 939. The molecule has 1 aromatic carbocycles. The molecule has 6 nitrogen and oxygen atoms in total. The minimum Gasteiger partial charge on any atom is -0.353 e. The fourth-order valence-corrected chi connectivity index (χ4v) is 4.06. The van der Waals surface area contributed by atoms with E-state index in [1.54, 1.807) is 0 Å². The maximum atomic E-state index is 12.2. The van der Waals surface area contributed by atoms with Crippen molar-refractivity contribution in [1.82, 2.24) is 25.1 Å². The number of amides is 1. The highest BCUT2D eigenvalue weighted by Gasteiger charge is 2.15. The first kappa shape index (κ1) is 20.6. The van der Waals surface area contributed by atoms with Crippen LogP contribution in [-0.4, -0.2) is 37.5 Å². The molecule has 3 rings (SSSR count). The lowest BCUT2D eigenvalue weighted by Gasteiger charge is -2.13. The molecule has 2 aromatic heterocycles. The van der Waals surface area contributed by atoms with E-state index in [4.69, 9.17) is 0 Å². The second kappa shape index (κ2) is 9.87. The number of nitrogens with zero attached hydrogens (tertiary/aromatic N) is 4. The standard InChI is InChI=1S/C21H29N5OS/c1-4-6-7-8-11-15(3)22-18(27)14-28-21-23-20-19(24-25-21)16-12-9-10-13-17(16)26(20)5-2/h9-10,12-13,15H,4-8,11,14H2,1-3H3,(H,22,27). The Hall–Kier alpha value is -2.15.